The summed E-state index contributed by atoms with van der Waals surface area (Å²) < 4.78 is 25.9. The van der Waals surface area contributed by atoms with Gasteiger partial charge in [-0.15, -0.1) is 0 Å². The van der Waals surface area contributed by atoms with E-state index in [0.717, 1.165) is 5.56 Å². The number of benzene rings is 1. The zero-order chi connectivity index (χ0) is 11.3. The number of nitrogens with zero attached hydrogens (tertiary/aromatic N) is 1. The fourth-order valence-corrected chi connectivity index (χ4v) is 1.41. The molecule has 0 unspecified atom stereocenters. The molecular weight excluding hydrogens is 198 g/mol. The summed E-state index contributed by atoms with van der Waals surface area (Å²) in [7, 11) is 1.66. The molecule has 1 rings (SSSR count). The van der Waals surface area contributed by atoms with Crippen LogP contribution in [0.1, 0.15) is 5.56 Å². The van der Waals surface area contributed by atoms with Crippen LogP contribution in [0.5, 0.6) is 0 Å². The molecule has 0 bridgehead atoms. The van der Waals surface area contributed by atoms with Crippen molar-refractivity contribution in [2.75, 3.05) is 20.1 Å². The van der Waals surface area contributed by atoms with Gasteiger partial charge in [-0.2, -0.15) is 0 Å². The molecule has 0 aliphatic heterocycles. The average molecular weight is 214 g/mol. The maximum absolute atomic E-state index is 12.9. The van der Waals surface area contributed by atoms with Crippen molar-refractivity contribution in [3.63, 3.8) is 0 Å². The van der Waals surface area contributed by atoms with Gasteiger partial charge in [0.15, 0.2) is 0 Å². The molecule has 0 heterocycles. The standard InChI is InChI=1S/C11H16F2N2/c1-15(9-11(12,13)8-14)7-10-5-3-2-4-6-10/h2-6H,7-9,14H2,1H3. The highest BCUT2D eigenvalue weighted by molar-refractivity contribution is 5.14. The fourth-order valence-electron chi connectivity index (χ4n) is 1.41. The van der Waals surface area contributed by atoms with E-state index in [4.69, 9.17) is 5.73 Å². The third-order valence-electron chi connectivity index (χ3n) is 2.10. The third-order valence-corrected chi connectivity index (χ3v) is 2.10. The lowest BCUT2D eigenvalue weighted by atomic mass is 10.2. The SMILES string of the molecule is CN(Cc1ccccc1)CC(F)(F)CN. The van der Waals surface area contributed by atoms with Crippen molar-refractivity contribution in [2.24, 2.45) is 5.73 Å². The summed E-state index contributed by atoms with van der Waals surface area (Å²) in [4.78, 5) is 1.57. The smallest absolute Gasteiger partial charge is 0.272 e. The minimum atomic E-state index is -2.80. The van der Waals surface area contributed by atoms with Gasteiger partial charge in [0.2, 0.25) is 0 Å². The highest BCUT2D eigenvalue weighted by Crippen LogP contribution is 2.13. The van der Waals surface area contributed by atoms with Gasteiger partial charge in [-0.05, 0) is 12.6 Å². The van der Waals surface area contributed by atoms with Crippen LogP contribution in [0.4, 0.5) is 8.78 Å². The molecule has 2 nitrogen and oxygen atoms in total. The summed E-state index contributed by atoms with van der Waals surface area (Å²) in [6, 6.07) is 9.51. The topological polar surface area (TPSA) is 29.3 Å². The normalized spacial score (nSPS) is 12.1. The van der Waals surface area contributed by atoms with Crippen molar-refractivity contribution in [1.82, 2.24) is 4.90 Å². The van der Waals surface area contributed by atoms with Gasteiger partial charge in [0.05, 0.1) is 13.1 Å². The Labute approximate surface area is 88.7 Å². The molecule has 0 aromatic heterocycles. The Bertz CT molecular complexity index is 288. The molecule has 4 heteroatoms. The first-order chi connectivity index (χ1) is 7.03. The first-order valence-electron chi connectivity index (χ1n) is 4.84. The Morgan fingerprint density at radius 1 is 1.27 bits per heavy atom. The number of rotatable bonds is 5. The molecule has 0 aliphatic carbocycles. The van der Waals surface area contributed by atoms with Crippen LogP contribution in [0, 0.1) is 0 Å². The van der Waals surface area contributed by atoms with Crippen LogP contribution in [0.3, 0.4) is 0 Å². The van der Waals surface area contributed by atoms with Gasteiger partial charge in [0.1, 0.15) is 0 Å². The predicted octanol–water partition coefficient (Wildman–Crippen LogP) is 1.71. The number of halogens is 2. The maximum Gasteiger partial charge on any atom is 0.272 e. The molecule has 1 aromatic carbocycles. The van der Waals surface area contributed by atoms with Crippen molar-refractivity contribution in [3.05, 3.63) is 35.9 Å². The van der Waals surface area contributed by atoms with Crippen LogP contribution < -0.4 is 5.73 Å². The van der Waals surface area contributed by atoms with E-state index >= 15 is 0 Å². The van der Waals surface area contributed by atoms with Crippen molar-refractivity contribution < 1.29 is 8.78 Å². The van der Waals surface area contributed by atoms with Crippen LogP contribution in [-0.4, -0.2) is 31.0 Å². The van der Waals surface area contributed by atoms with Gasteiger partial charge in [-0.25, -0.2) is 8.78 Å². The largest absolute Gasteiger partial charge is 0.325 e. The lowest BCUT2D eigenvalue weighted by Crippen LogP contribution is -2.39. The van der Waals surface area contributed by atoms with E-state index < -0.39 is 12.5 Å². The lowest BCUT2D eigenvalue weighted by Gasteiger charge is -2.22. The molecule has 0 saturated carbocycles. The Morgan fingerprint density at radius 2 is 1.87 bits per heavy atom. The average Bonchev–Trinajstić information content (AvgIpc) is 2.18. The molecule has 0 aliphatic rings. The van der Waals surface area contributed by atoms with Crippen LogP contribution in [0.2, 0.25) is 0 Å². The van der Waals surface area contributed by atoms with E-state index in [1.807, 2.05) is 30.3 Å². The van der Waals surface area contributed by atoms with Crippen LogP contribution in [0.15, 0.2) is 30.3 Å². The second-order valence-electron chi connectivity index (χ2n) is 3.72. The van der Waals surface area contributed by atoms with E-state index in [1.54, 1.807) is 11.9 Å². The molecule has 1 aromatic rings. The zero-order valence-corrected chi connectivity index (χ0v) is 8.79. The monoisotopic (exact) mass is 214 g/mol. The van der Waals surface area contributed by atoms with Crippen molar-refractivity contribution in [3.8, 4) is 0 Å². The summed E-state index contributed by atoms with van der Waals surface area (Å²) in [5.74, 6) is -2.80. The molecule has 0 radical (unpaired) electrons. The van der Waals surface area contributed by atoms with Crippen LogP contribution in [0.25, 0.3) is 0 Å². The Kier molecular flexibility index (Phi) is 4.17. The van der Waals surface area contributed by atoms with Gasteiger partial charge in [0, 0.05) is 6.54 Å². The van der Waals surface area contributed by atoms with E-state index in [-0.39, 0.29) is 6.54 Å². The molecule has 0 saturated heterocycles. The number of nitrogens with two attached hydrogens (primary N) is 1. The lowest BCUT2D eigenvalue weighted by molar-refractivity contribution is -0.0191. The van der Waals surface area contributed by atoms with Crippen LogP contribution >= 0.6 is 0 Å². The summed E-state index contributed by atoms with van der Waals surface area (Å²) in [5.41, 5.74) is 5.99. The summed E-state index contributed by atoms with van der Waals surface area (Å²) in [6.07, 6.45) is 0. The molecule has 0 atom stereocenters. The highest BCUT2D eigenvalue weighted by Gasteiger charge is 2.28. The molecule has 2 N–H and O–H groups in total. The van der Waals surface area contributed by atoms with E-state index in [0.29, 0.717) is 6.54 Å². The zero-order valence-electron chi connectivity index (χ0n) is 8.79. The molecule has 84 valence electrons. The minimum absolute atomic E-state index is 0.307. The van der Waals surface area contributed by atoms with Gasteiger partial charge >= 0.3 is 0 Å². The first kappa shape index (κ1) is 12.1. The first-order valence-corrected chi connectivity index (χ1v) is 4.84. The molecule has 0 spiro atoms. The van der Waals surface area contributed by atoms with Gasteiger partial charge in [0.25, 0.3) is 5.92 Å². The summed E-state index contributed by atoms with van der Waals surface area (Å²) >= 11 is 0. The second kappa shape index (κ2) is 5.19. The van der Waals surface area contributed by atoms with E-state index in [1.165, 1.54) is 0 Å². The van der Waals surface area contributed by atoms with Gasteiger partial charge in [-0.1, -0.05) is 30.3 Å². The number of hydrogen-bond donors (Lipinski definition) is 1. The number of hydrogen-bond acceptors (Lipinski definition) is 2. The molecular formula is C11H16F2N2. The predicted molar refractivity (Wildman–Crippen MR) is 56.8 cm³/mol. The van der Waals surface area contributed by atoms with E-state index in [2.05, 4.69) is 0 Å². The minimum Gasteiger partial charge on any atom is -0.325 e. The Hall–Kier alpha value is -1.00. The quantitative estimate of drug-likeness (QED) is 0.808. The number of alkyl halides is 2. The van der Waals surface area contributed by atoms with Crippen molar-refractivity contribution in [1.29, 1.82) is 0 Å². The fraction of sp³-hybridized carbons (Fsp3) is 0.455. The Balaban J connectivity index is 2.46. The second-order valence-corrected chi connectivity index (χ2v) is 3.72. The summed E-state index contributed by atoms with van der Waals surface area (Å²) in [6.45, 7) is -0.402. The maximum atomic E-state index is 12.9. The van der Waals surface area contributed by atoms with E-state index in [9.17, 15) is 8.78 Å². The molecule has 15 heavy (non-hydrogen) atoms. The van der Waals surface area contributed by atoms with Crippen molar-refractivity contribution in [2.45, 2.75) is 12.5 Å². The third kappa shape index (κ3) is 4.36. The molecule has 0 amide bonds. The van der Waals surface area contributed by atoms with Crippen molar-refractivity contribution >= 4 is 0 Å². The van der Waals surface area contributed by atoms with Crippen LogP contribution in [-0.2, 0) is 6.54 Å². The van der Waals surface area contributed by atoms with Gasteiger partial charge in [-0.3, -0.25) is 4.90 Å². The summed E-state index contributed by atoms with van der Waals surface area (Å²) in [5, 5.41) is 0. The van der Waals surface area contributed by atoms with Gasteiger partial charge < -0.3 is 5.73 Å². The molecule has 0 fully saturated rings. The highest BCUT2D eigenvalue weighted by atomic mass is 19.3. The Morgan fingerprint density at radius 3 is 2.40 bits per heavy atom.